The first-order valence-electron chi connectivity index (χ1n) is 21.0. The highest BCUT2D eigenvalue weighted by Crippen LogP contribution is 2.45. The average Bonchev–Trinajstić information content (AvgIpc) is 4.06. The van der Waals surface area contributed by atoms with Gasteiger partial charge in [-0.2, -0.15) is 0 Å². The van der Waals surface area contributed by atoms with E-state index in [1.54, 1.807) is 0 Å². The standard InChI is InChI=1S/C57H33N3O2S/c1-3-13-34(14-4-1)41-20-10-22-44-52-39(18-12-26-50(52)63-54(41)44)38-31-32-48-46(33-38)51-45(23-11-25-49(51)61-48)57-59-55(36-15-5-2-6-16-36)58-56(60-57)37-29-27-35(28-30-37)40-19-9-21-43-42-17-7-8-24-47(42)62-53(40)43/h1-33H. The van der Waals surface area contributed by atoms with Crippen LogP contribution in [0.25, 0.3) is 132 Å². The Morgan fingerprint density at radius 2 is 0.873 bits per heavy atom. The van der Waals surface area contributed by atoms with Crippen LogP contribution in [0.5, 0.6) is 0 Å². The summed E-state index contributed by atoms with van der Waals surface area (Å²) in [5, 5.41) is 6.71. The maximum atomic E-state index is 6.57. The molecular weight excluding hydrogens is 791 g/mol. The zero-order chi connectivity index (χ0) is 41.4. The molecule has 13 rings (SSSR count). The first kappa shape index (κ1) is 35.6. The molecule has 0 spiro atoms. The number of hydrogen-bond acceptors (Lipinski definition) is 6. The maximum absolute atomic E-state index is 6.57. The molecule has 0 aliphatic carbocycles. The Hall–Kier alpha value is -8.19. The largest absolute Gasteiger partial charge is 0.456 e. The lowest BCUT2D eigenvalue weighted by Crippen LogP contribution is -2.00. The minimum Gasteiger partial charge on any atom is -0.456 e. The fourth-order valence-corrected chi connectivity index (χ4v) is 10.5. The van der Waals surface area contributed by atoms with Crippen molar-refractivity contribution >= 4 is 75.4 Å². The van der Waals surface area contributed by atoms with Crippen molar-refractivity contribution in [2.45, 2.75) is 0 Å². The number of aromatic nitrogens is 3. The van der Waals surface area contributed by atoms with E-state index in [0.717, 1.165) is 77.3 Å². The Morgan fingerprint density at radius 3 is 1.70 bits per heavy atom. The van der Waals surface area contributed by atoms with Gasteiger partial charge in [0.2, 0.25) is 0 Å². The van der Waals surface area contributed by atoms with Crippen LogP contribution in [0.15, 0.2) is 209 Å². The number of fused-ring (bicyclic) bond motifs is 9. The summed E-state index contributed by atoms with van der Waals surface area (Å²) in [6, 6.07) is 69.7. The molecule has 0 aliphatic heterocycles. The summed E-state index contributed by atoms with van der Waals surface area (Å²) in [7, 11) is 0. The summed E-state index contributed by atoms with van der Waals surface area (Å²) in [5.41, 5.74) is 12.9. The average molecular weight is 824 g/mol. The van der Waals surface area contributed by atoms with Crippen LogP contribution in [-0.2, 0) is 0 Å². The van der Waals surface area contributed by atoms with Crippen molar-refractivity contribution in [3.63, 3.8) is 0 Å². The van der Waals surface area contributed by atoms with E-state index in [2.05, 4.69) is 140 Å². The van der Waals surface area contributed by atoms with E-state index in [4.69, 9.17) is 23.8 Å². The molecule has 5 nitrogen and oxygen atoms in total. The zero-order valence-corrected chi connectivity index (χ0v) is 34.4. The van der Waals surface area contributed by atoms with Crippen LogP contribution in [0, 0.1) is 0 Å². The Morgan fingerprint density at radius 1 is 0.317 bits per heavy atom. The lowest BCUT2D eigenvalue weighted by atomic mass is 9.96. The zero-order valence-electron chi connectivity index (χ0n) is 33.6. The van der Waals surface area contributed by atoms with Gasteiger partial charge in [0.05, 0.1) is 0 Å². The lowest BCUT2D eigenvalue weighted by molar-refractivity contribution is 0.669. The van der Waals surface area contributed by atoms with Gasteiger partial charge in [-0.1, -0.05) is 170 Å². The monoisotopic (exact) mass is 823 g/mol. The minimum atomic E-state index is 0.577. The van der Waals surface area contributed by atoms with Crippen LogP contribution >= 0.6 is 11.3 Å². The Balaban J connectivity index is 0.955. The van der Waals surface area contributed by atoms with Crippen molar-refractivity contribution in [1.82, 2.24) is 15.0 Å². The molecule has 0 saturated carbocycles. The number of nitrogens with zero attached hydrogens (tertiary/aromatic N) is 3. The van der Waals surface area contributed by atoms with Gasteiger partial charge in [0, 0.05) is 64.0 Å². The predicted octanol–water partition coefficient (Wildman–Crippen LogP) is 16.0. The minimum absolute atomic E-state index is 0.577. The van der Waals surface area contributed by atoms with Gasteiger partial charge in [0.25, 0.3) is 0 Å². The molecule has 6 heteroatoms. The van der Waals surface area contributed by atoms with Crippen LogP contribution in [-0.4, -0.2) is 15.0 Å². The van der Waals surface area contributed by atoms with Gasteiger partial charge in [-0.25, -0.2) is 15.0 Å². The van der Waals surface area contributed by atoms with Crippen molar-refractivity contribution < 1.29 is 8.83 Å². The summed E-state index contributed by atoms with van der Waals surface area (Å²) in [4.78, 5) is 15.5. The van der Waals surface area contributed by atoms with Crippen molar-refractivity contribution in [3.05, 3.63) is 200 Å². The molecule has 0 radical (unpaired) electrons. The molecule has 0 atom stereocenters. The number of benzene rings is 9. The Kier molecular flexibility index (Phi) is 8.01. The summed E-state index contributed by atoms with van der Waals surface area (Å²) < 4.78 is 15.5. The van der Waals surface area contributed by atoms with E-state index in [-0.39, 0.29) is 0 Å². The van der Waals surface area contributed by atoms with Gasteiger partial charge >= 0.3 is 0 Å². The molecule has 9 aromatic carbocycles. The number of hydrogen-bond donors (Lipinski definition) is 0. The van der Waals surface area contributed by atoms with Gasteiger partial charge < -0.3 is 8.83 Å². The molecule has 294 valence electrons. The molecule has 0 N–H and O–H groups in total. The van der Waals surface area contributed by atoms with E-state index in [0.29, 0.717) is 17.5 Å². The predicted molar refractivity (Wildman–Crippen MR) is 260 cm³/mol. The Bertz CT molecular complexity index is 3900. The van der Waals surface area contributed by atoms with Gasteiger partial charge in [0.1, 0.15) is 22.3 Å². The number of thiophene rings is 1. The van der Waals surface area contributed by atoms with Crippen LogP contribution in [0.4, 0.5) is 0 Å². The number of para-hydroxylation sites is 2. The van der Waals surface area contributed by atoms with Gasteiger partial charge in [-0.3, -0.25) is 0 Å². The van der Waals surface area contributed by atoms with Crippen molar-refractivity contribution in [2.75, 3.05) is 0 Å². The van der Waals surface area contributed by atoms with E-state index in [9.17, 15) is 0 Å². The first-order valence-corrected chi connectivity index (χ1v) is 21.8. The van der Waals surface area contributed by atoms with Crippen molar-refractivity contribution in [1.29, 1.82) is 0 Å². The third kappa shape index (κ3) is 5.80. The van der Waals surface area contributed by atoms with E-state index in [1.807, 2.05) is 72.0 Å². The first-order chi connectivity index (χ1) is 31.2. The normalized spacial score (nSPS) is 11.8. The third-order valence-corrected chi connectivity index (χ3v) is 13.4. The van der Waals surface area contributed by atoms with Gasteiger partial charge in [-0.05, 0) is 58.1 Å². The molecule has 0 saturated heterocycles. The SMILES string of the molecule is c1ccc(-c2nc(-c3ccc(-c4cccc5c4oc4ccccc45)cc3)nc(-c3cccc4oc5ccc(-c6cccc7sc8c(-c9ccccc9)cccc8c67)cc5c34)n2)cc1. The maximum Gasteiger partial charge on any atom is 0.164 e. The molecule has 63 heavy (non-hydrogen) atoms. The summed E-state index contributed by atoms with van der Waals surface area (Å²) in [5.74, 6) is 1.76. The highest BCUT2D eigenvalue weighted by atomic mass is 32.1. The molecule has 0 bridgehead atoms. The quantitative estimate of drug-likeness (QED) is 0.167. The van der Waals surface area contributed by atoms with Crippen LogP contribution < -0.4 is 0 Å². The van der Waals surface area contributed by atoms with Crippen LogP contribution in [0.2, 0.25) is 0 Å². The van der Waals surface area contributed by atoms with Crippen molar-refractivity contribution in [2.24, 2.45) is 0 Å². The molecule has 0 unspecified atom stereocenters. The van der Waals surface area contributed by atoms with E-state index >= 15 is 0 Å². The van der Waals surface area contributed by atoms with Crippen LogP contribution in [0.1, 0.15) is 0 Å². The number of furan rings is 2. The van der Waals surface area contributed by atoms with Crippen molar-refractivity contribution in [3.8, 4) is 67.5 Å². The highest BCUT2D eigenvalue weighted by Gasteiger charge is 2.20. The second-order valence-corrected chi connectivity index (χ2v) is 16.9. The number of rotatable bonds is 6. The lowest BCUT2D eigenvalue weighted by Gasteiger charge is -2.10. The van der Waals surface area contributed by atoms with E-state index < -0.39 is 0 Å². The van der Waals surface area contributed by atoms with E-state index in [1.165, 1.54) is 36.9 Å². The Labute approximate surface area is 365 Å². The van der Waals surface area contributed by atoms with Crippen LogP contribution in [0.3, 0.4) is 0 Å². The topological polar surface area (TPSA) is 65.0 Å². The highest BCUT2D eigenvalue weighted by molar-refractivity contribution is 7.26. The molecule has 0 fully saturated rings. The molecule has 13 aromatic rings. The fourth-order valence-electron chi connectivity index (χ4n) is 9.23. The molecule has 4 heterocycles. The van der Waals surface area contributed by atoms with Gasteiger partial charge in [-0.15, -0.1) is 11.3 Å². The summed E-state index contributed by atoms with van der Waals surface area (Å²) in [6.07, 6.45) is 0. The molecular formula is C57H33N3O2S. The third-order valence-electron chi connectivity index (χ3n) is 12.2. The summed E-state index contributed by atoms with van der Waals surface area (Å²) >= 11 is 1.85. The molecule has 0 amide bonds. The smallest absolute Gasteiger partial charge is 0.164 e. The summed E-state index contributed by atoms with van der Waals surface area (Å²) in [6.45, 7) is 0. The second-order valence-electron chi connectivity index (χ2n) is 15.9. The van der Waals surface area contributed by atoms with Gasteiger partial charge in [0.15, 0.2) is 17.5 Å². The molecule has 4 aromatic heterocycles. The fraction of sp³-hybridized carbons (Fsp3) is 0. The second kappa shape index (κ2) is 14.2. The molecule has 0 aliphatic rings.